The van der Waals surface area contributed by atoms with Crippen molar-refractivity contribution >= 4 is 33.3 Å². The first kappa shape index (κ1) is 17.4. The number of hydrogen-bond acceptors (Lipinski definition) is 4. The molecule has 0 radical (unpaired) electrons. The number of hydrogen-bond donors (Lipinski definition) is 0. The van der Waals surface area contributed by atoms with E-state index in [0.717, 1.165) is 10.0 Å². The molecular weight excluding hydrogens is 372 g/mol. The van der Waals surface area contributed by atoms with Gasteiger partial charge in [0.2, 0.25) is 0 Å². The first-order valence-electron chi connectivity index (χ1n) is 6.95. The highest BCUT2D eigenvalue weighted by atomic mass is 79.9. The van der Waals surface area contributed by atoms with Crippen molar-refractivity contribution in [1.82, 2.24) is 0 Å². The van der Waals surface area contributed by atoms with Crippen LogP contribution in [0.4, 0.5) is 5.69 Å². The van der Waals surface area contributed by atoms with Crippen LogP contribution in [0.5, 0.6) is 5.75 Å². The van der Waals surface area contributed by atoms with Gasteiger partial charge in [-0.25, -0.2) is 0 Å². The van der Waals surface area contributed by atoms with Crippen molar-refractivity contribution in [2.45, 2.75) is 0 Å². The summed E-state index contributed by atoms with van der Waals surface area (Å²) in [7, 11) is 0. The van der Waals surface area contributed by atoms with Gasteiger partial charge in [0.25, 0.3) is 5.69 Å². The molecule has 0 saturated heterocycles. The summed E-state index contributed by atoms with van der Waals surface area (Å²) < 4.78 is 6.22. The molecule has 0 saturated carbocycles. The number of allylic oxidation sites excluding steroid dienone is 1. The molecule has 0 heterocycles. The van der Waals surface area contributed by atoms with Gasteiger partial charge in [-0.3, -0.25) is 10.1 Å². The van der Waals surface area contributed by atoms with Crippen LogP contribution in [0.2, 0.25) is 0 Å². The lowest BCUT2D eigenvalue weighted by Gasteiger charge is -2.07. The molecule has 2 aromatic rings. The minimum absolute atomic E-state index is 0.0528. The Morgan fingerprint density at radius 2 is 2.17 bits per heavy atom. The van der Waals surface area contributed by atoms with Gasteiger partial charge in [0.05, 0.1) is 21.0 Å². The summed E-state index contributed by atoms with van der Waals surface area (Å²) in [5.41, 5.74) is 1.55. The van der Waals surface area contributed by atoms with Gasteiger partial charge in [0.15, 0.2) is 0 Å². The Morgan fingerprint density at radius 3 is 2.79 bits per heavy atom. The fourth-order valence-corrected chi connectivity index (χ4v) is 2.52. The average Bonchev–Trinajstić information content (AvgIpc) is 2.59. The topological polar surface area (TPSA) is 76.2 Å². The molecule has 0 unspecified atom stereocenters. The van der Waals surface area contributed by atoms with Crippen LogP contribution in [0.3, 0.4) is 0 Å². The van der Waals surface area contributed by atoms with Gasteiger partial charge >= 0.3 is 0 Å². The van der Waals surface area contributed by atoms with Crippen LogP contribution in [-0.4, -0.2) is 11.5 Å². The molecule has 6 heteroatoms. The summed E-state index contributed by atoms with van der Waals surface area (Å²) in [6.07, 6.45) is 3.32. The SMILES string of the molecule is C=CCOc1ccc(/C=C(\C#N)c2cccc([N+](=O)[O-])c2)cc1Br. The Labute approximate surface area is 147 Å². The third-order valence-corrected chi connectivity index (χ3v) is 3.73. The monoisotopic (exact) mass is 384 g/mol. The highest BCUT2D eigenvalue weighted by molar-refractivity contribution is 9.10. The van der Waals surface area contributed by atoms with E-state index in [0.29, 0.717) is 23.5 Å². The molecule has 0 aliphatic heterocycles. The van der Waals surface area contributed by atoms with E-state index >= 15 is 0 Å². The molecular formula is C18H13BrN2O3. The number of non-ortho nitro benzene ring substituents is 1. The molecule has 0 atom stereocenters. The van der Waals surface area contributed by atoms with E-state index < -0.39 is 4.92 Å². The molecule has 0 bridgehead atoms. The van der Waals surface area contributed by atoms with Gasteiger partial charge in [0, 0.05) is 12.1 Å². The number of nitriles is 1. The Bertz CT molecular complexity index is 854. The molecule has 0 spiro atoms. The number of rotatable bonds is 6. The Balaban J connectivity index is 2.35. The van der Waals surface area contributed by atoms with Crippen LogP contribution in [0.1, 0.15) is 11.1 Å². The van der Waals surface area contributed by atoms with E-state index in [-0.39, 0.29) is 5.69 Å². The van der Waals surface area contributed by atoms with E-state index in [9.17, 15) is 15.4 Å². The Hall–Kier alpha value is -2.91. The van der Waals surface area contributed by atoms with Crippen LogP contribution >= 0.6 is 15.9 Å². The van der Waals surface area contributed by atoms with Gasteiger partial charge < -0.3 is 4.74 Å². The molecule has 2 rings (SSSR count). The minimum atomic E-state index is -0.485. The number of nitrogens with zero attached hydrogens (tertiary/aromatic N) is 2. The second-order valence-electron chi connectivity index (χ2n) is 4.77. The van der Waals surface area contributed by atoms with Crippen molar-refractivity contribution in [3.05, 3.63) is 80.8 Å². The summed E-state index contributed by atoms with van der Waals surface area (Å²) in [5, 5.41) is 20.2. The highest BCUT2D eigenvalue weighted by Gasteiger charge is 2.09. The molecule has 2 aromatic carbocycles. The van der Waals surface area contributed by atoms with Gasteiger partial charge in [-0.15, -0.1) is 0 Å². The van der Waals surface area contributed by atoms with Crippen molar-refractivity contribution in [2.24, 2.45) is 0 Å². The zero-order valence-electron chi connectivity index (χ0n) is 12.6. The maximum Gasteiger partial charge on any atom is 0.270 e. The van der Waals surface area contributed by atoms with Crippen molar-refractivity contribution in [3.63, 3.8) is 0 Å². The fourth-order valence-electron chi connectivity index (χ4n) is 2.01. The molecule has 0 aromatic heterocycles. The predicted molar refractivity (Wildman–Crippen MR) is 96.4 cm³/mol. The number of nitro groups is 1. The largest absolute Gasteiger partial charge is 0.488 e. The van der Waals surface area contributed by atoms with Crippen molar-refractivity contribution in [3.8, 4) is 11.8 Å². The molecule has 0 aliphatic carbocycles. The first-order valence-corrected chi connectivity index (χ1v) is 7.74. The van der Waals surface area contributed by atoms with Crippen molar-refractivity contribution in [2.75, 3.05) is 6.61 Å². The van der Waals surface area contributed by atoms with E-state index in [1.165, 1.54) is 12.1 Å². The maximum absolute atomic E-state index is 10.9. The number of benzene rings is 2. The van der Waals surface area contributed by atoms with Crippen LogP contribution in [0, 0.1) is 21.4 Å². The van der Waals surface area contributed by atoms with Gasteiger partial charge in [-0.05, 0) is 45.3 Å². The highest BCUT2D eigenvalue weighted by Crippen LogP contribution is 2.28. The number of nitro benzene ring substituents is 1. The lowest BCUT2D eigenvalue weighted by molar-refractivity contribution is -0.384. The molecule has 0 fully saturated rings. The first-order chi connectivity index (χ1) is 11.5. The van der Waals surface area contributed by atoms with Gasteiger partial charge in [-0.1, -0.05) is 30.9 Å². The lowest BCUT2D eigenvalue weighted by atomic mass is 10.0. The Kier molecular flexibility index (Phi) is 5.88. The zero-order valence-corrected chi connectivity index (χ0v) is 14.2. The normalized spacial score (nSPS) is 10.8. The van der Waals surface area contributed by atoms with Crippen molar-refractivity contribution in [1.29, 1.82) is 5.26 Å². The van der Waals surface area contributed by atoms with E-state index in [1.807, 2.05) is 6.07 Å². The van der Waals surface area contributed by atoms with Crippen molar-refractivity contribution < 1.29 is 9.66 Å². The van der Waals surface area contributed by atoms with Crippen LogP contribution in [0.25, 0.3) is 11.6 Å². The number of halogens is 1. The maximum atomic E-state index is 10.9. The molecule has 120 valence electrons. The molecule has 0 N–H and O–H groups in total. The quantitative estimate of drug-likeness (QED) is 0.231. The van der Waals surface area contributed by atoms with E-state index in [2.05, 4.69) is 28.6 Å². The summed E-state index contributed by atoms with van der Waals surface area (Å²) in [5.74, 6) is 0.668. The minimum Gasteiger partial charge on any atom is -0.488 e. The molecule has 0 amide bonds. The van der Waals surface area contributed by atoms with Gasteiger partial charge in [0.1, 0.15) is 12.4 Å². The van der Waals surface area contributed by atoms with Crippen LogP contribution in [0.15, 0.2) is 59.6 Å². The second kappa shape index (κ2) is 8.09. The standard InChI is InChI=1S/C18H13BrN2O3/c1-2-8-24-18-7-6-13(10-17(18)19)9-15(12-20)14-4-3-5-16(11-14)21(22)23/h2-7,9-11H,1,8H2/b15-9+. The van der Waals surface area contributed by atoms with Crippen LogP contribution in [-0.2, 0) is 0 Å². The molecule has 0 aliphatic rings. The summed E-state index contributed by atoms with van der Waals surface area (Å²) in [4.78, 5) is 10.4. The fraction of sp³-hybridized carbons (Fsp3) is 0.0556. The lowest BCUT2D eigenvalue weighted by Crippen LogP contribution is -1.93. The Morgan fingerprint density at radius 1 is 1.38 bits per heavy atom. The zero-order chi connectivity index (χ0) is 17.5. The summed E-state index contributed by atoms with van der Waals surface area (Å²) in [6.45, 7) is 3.99. The average molecular weight is 385 g/mol. The van der Waals surface area contributed by atoms with E-state index in [1.54, 1.807) is 36.4 Å². The third-order valence-electron chi connectivity index (χ3n) is 3.11. The predicted octanol–water partition coefficient (Wildman–Crippen LogP) is 4.99. The molecule has 24 heavy (non-hydrogen) atoms. The summed E-state index contributed by atoms with van der Waals surface area (Å²) >= 11 is 3.42. The number of ether oxygens (including phenoxy) is 1. The van der Waals surface area contributed by atoms with E-state index in [4.69, 9.17) is 4.74 Å². The summed E-state index contributed by atoms with van der Waals surface area (Å²) in [6, 6.07) is 13.5. The van der Waals surface area contributed by atoms with Gasteiger partial charge in [-0.2, -0.15) is 5.26 Å². The third kappa shape index (κ3) is 4.31. The smallest absolute Gasteiger partial charge is 0.270 e. The molecule has 5 nitrogen and oxygen atoms in total. The van der Waals surface area contributed by atoms with Crippen LogP contribution < -0.4 is 4.74 Å². The second-order valence-corrected chi connectivity index (χ2v) is 5.62.